The number of aryl methyl sites for hydroxylation is 1. The van der Waals surface area contributed by atoms with Gasteiger partial charge in [-0.05, 0) is 24.1 Å². The van der Waals surface area contributed by atoms with E-state index >= 15 is 0 Å². The molecule has 1 fully saturated rings. The topological polar surface area (TPSA) is 66.7 Å². The lowest BCUT2D eigenvalue weighted by Gasteiger charge is -2.34. The monoisotopic (exact) mass is 348 g/mol. The third-order valence-corrected chi connectivity index (χ3v) is 4.76. The summed E-state index contributed by atoms with van der Waals surface area (Å²) in [6, 6.07) is 13.1. The van der Waals surface area contributed by atoms with Crippen LogP contribution < -0.4 is 5.32 Å². The van der Waals surface area contributed by atoms with Crippen LogP contribution in [0.25, 0.3) is 5.65 Å². The summed E-state index contributed by atoms with van der Waals surface area (Å²) < 4.78 is 1.85. The Labute approximate surface area is 151 Å². The van der Waals surface area contributed by atoms with E-state index < -0.39 is 6.04 Å². The van der Waals surface area contributed by atoms with Gasteiger partial charge >= 0.3 is 0 Å². The summed E-state index contributed by atoms with van der Waals surface area (Å²) in [6.45, 7) is 2.90. The predicted molar refractivity (Wildman–Crippen MR) is 97.9 cm³/mol. The first-order chi connectivity index (χ1) is 12.6. The van der Waals surface area contributed by atoms with Gasteiger partial charge in [-0.15, -0.1) is 0 Å². The highest BCUT2D eigenvalue weighted by Gasteiger charge is 2.34. The van der Waals surface area contributed by atoms with E-state index in [-0.39, 0.29) is 11.8 Å². The number of fused-ring (bicyclic) bond motifs is 1. The minimum Gasteiger partial charge on any atom is -0.353 e. The summed E-state index contributed by atoms with van der Waals surface area (Å²) in [5.74, 6) is -0.322. The number of benzene rings is 1. The van der Waals surface area contributed by atoms with Crippen molar-refractivity contribution >= 4 is 17.5 Å². The molecule has 0 bridgehead atoms. The van der Waals surface area contributed by atoms with Gasteiger partial charge in [0.15, 0.2) is 0 Å². The van der Waals surface area contributed by atoms with Gasteiger partial charge in [0.25, 0.3) is 5.91 Å². The smallest absolute Gasteiger partial charge is 0.274 e. The molecule has 132 valence electrons. The number of hydrogen-bond donors (Lipinski definition) is 1. The fourth-order valence-electron chi connectivity index (χ4n) is 3.40. The number of pyridine rings is 1. The van der Waals surface area contributed by atoms with E-state index in [1.54, 1.807) is 11.1 Å². The molecule has 1 aliphatic heterocycles. The second kappa shape index (κ2) is 6.63. The van der Waals surface area contributed by atoms with Gasteiger partial charge in [0.2, 0.25) is 5.91 Å². The largest absolute Gasteiger partial charge is 0.353 e. The van der Waals surface area contributed by atoms with Crippen LogP contribution in [0.1, 0.15) is 21.6 Å². The van der Waals surface area contributed by atoms with E-state index in [4.69, 9.17) is 0 Å². The molecule has 3 aromatic rings. The van der Waals surface area contributed by atoms with Crippen LogP contribution in [0.2, 0.25) is 0 Å². The number of piperazine rings is 1. The second-order valence-electron chi connectivity index (χ2n) is 6.54. The Balaban J connectivity index is 1.65. The van der Waals surface area contributed by atoms with E-state index in [0.29, 0.717) is 25.2 Å². The molecule has 26 heavy (non-hydrogen) atoms. The number of carbonyl (C=O) groups is 2. The average Bonchev–Trinajstić information content (AvgIpc) is 3.09. The number of rotatable bonds is 3. The first kappa shape index (κ1) is 16.3. The van der Waals surface area contributed by atoms with Gasteiger partial charge in [-0.3, -0.25) is 9.59 Å². The van der Waals surface area contributed by atoms with Gasteiger partial charge in [0.05, 0.1) is 0 Å². The summed E-state index contributed by atoms with van der Waals surface area (Å²) in [7, 11) is 0. The number of aromatic nitrogens is 2. The van der Waals surface area contributed by atoms with Crippen molar-refractivity contribution in [2.24, 2.45) is 0 Å². The first-order valence-corrected chi connectivity index (χ1v) is 8.70. The zero-order chi connectivity index (χ0) is 18.1. The average molecular weight is 348 g/mol. The van der Waals surface area contributed by atoms with Crippen LogP contribution in [0.3, 0.4) is 0 Å². The van der Waals surface area contributed by atoms with Crippen molar-refractivity contribution in [2.75, 3.05) is 13.1 Å². The summed E-state index contributed by atoms with van der Waals surface area (Å²) in [4.78, 5) is 31.7. The minimum absolute atomic E-state index is 0.117. The molecule has 4 rings (SSSR count). The number of nitrogens with zero attached hydrogens (tertiary/aromatic N) is 3. The van der Waals surface area contributed by atoms with Crippen LogP contribution in [0.4, 0.5) is 0 Å². The van der Waals surface area contributed by atoms with Crippen molar-refractivity contribution in [2.45, 2.75) is 19.4 Å². The van der Waals surface area contributed by atoms with Gasteiger partial charge in [-0.1, -0.05) is 36.4 Å². The highest BCUT2D eigenvalue weighted by atomic mass is 16.2. The molecule has 0 radical (unpaired) electrons. The van der Waals surface area contributed by atoms with Crippen molar-refractivity contribution in [3.63, 3.8) is 0 Å². The Bertz CT molecular complexity index is 964. The maximum absolute atomic E-state index is 13.1. The van der Waals surface area contributed by atoms with Crippen LogP contribution in [0, 0.1) is 6.92 Å². The summed E-state index contributed by atoms with van der Waals surface area (Å²) >= 11 is 0. The van der Waals surface area contributed by atoms with Crippen LogP contribution in [-0.2, 0) is 11.2 Å². The van der Waals surface area contributed by atoms with Gasteiger partial charge in [-0.25, -0.2) is 4.98 Å². The SMILES string of the molecule is Cc1cccn2cc(C(=O)N3CCNC(=O)[C@@H]3Cc3ccccc3)nc12. The van der Waals surface area contributed by atoms with Crippen molar-refractivity contribution in [3.8, 4) is 0 Å². The maximum atomic E-state index is 13.1. The van der Waals surface area contributed by atoms with E-state index in [9.17, 15) is 9.59 Å². The number of nitrogens with one attached hydrogen (secondary N) is 1. The highest BCUT2D eigenvalue weighted by Crippen LogP contribution is 2.17. The summed E-state index contributed by atoms with van der Waals surface area (Å²) in [5.41, 5.74) is 3.16. The molecule has 6 heteroatoms. The molecule has 0 unspecified atom stereocenters. The Hall–Kier alpha value is -3.15. The van der Waals surface area contributed by atoms with Crippen molar-refractivity contribution in [1.82, 2.24) is 19.6 Å². The fraction of sp³-hybridized carbons (Fsp3) is 0.250. The van der Waals surface area contributed by atoms with E-state index in [0.717, 1.165) is 16.8 Å². The number of carbonyl (C=O) groups excluding carboxylic acids is 2. The lowest BCUT2D eigenvalue weighted by molar-refractivity contribution is -0.127. The van der Waals surface area contributed by atoms with Crippen LogP contribution >= 0.6 is 0 Å². The van der Waals surface area contributed by atoms with E-state index in [2.05, 4.69) is 10.3 Å². The van der Waals surface area contributed by atoms with Gasteiger partial charge < -0.3 is 14.6 Å². The molecule has 6 nitrogen and oxygen atoms in total. The molecule has 1 N–H and O–H groups in total. The molecule has 2 aromatic heterocycles. The molecule has 2 amide bonds. The molecule has 0 spiro atoms. The summed E-state index contributed by atoms with van der Waals surface area (Å²) in [6.07, 6.45) is 4.10. The molecule has 0 saturated carbocycles. The molecular formula is C20H20N4O2. The maximum Gasteiger partial charge on any atom is 0.274 e. The molecule has 1 atom stereocenters. The van der Waals surface area contributed by atoms with Crippen molar-refractivity contribution in [3.05, 3.63) is 71.7 Å². The molecule has 3 heterocycles. The number of imidazole rings is 1. The number of hydrogen-bond acceptors (Lipinski definition) is 3. The van der Waals surface area contributed by atoms with Gasteiger partial charge in [-0.2, -0.15) is 0 Å². The number of amides is 2. The Morgan fingerprint density at radius 1 is 1.23 bits per heavy atom. The molecule has 1 aliphatic rings. The zero-order valence-corrected chi connectivity index (χ0v) is 14.6. The minimum atomic E-state index is -0.524. The van der Waals surface area contributed by atoms with Crippen LogP contribution in [0.15, 0.2) is 54.9 Å². The van der Waals surface area contributed by atoms with E-state index in [1.807, 2.05) is 60.0 Å². The third kappa shape index (κ3) is 2.94. The first-order valence-electron chi connectivity index (χ1n) is 8.70. The predicted octanol–water partition coefficient (Wildman–Crippen LogP) is 1.83. The summed E-state index contributed by atoms with van der Waals surface area (Å²) in [5, 5.41) is 2.87. The third-order valence-electron chi connectivity index (χ3n) is 4.76. The standard InChI is InChI=1S/C20H20N4O2/c1-14-6-5-10-23-13-16(22-18(14)23)20(26)24-11-9-21-19(25)17(24)12-15-7-3-2-4-8-15/h2-8,10,13,17H,9,11-12H2,1H3,(H,21,25)/t17-/m0/s1. The van der Waals surface area contributed by atoms with E-state index in [1.165, 1.54) is 0 Å². The van der Waals surface area contributed by atoms with Gasteiger partial charge in [0.1, 0.15) is 17.4 Å². The van der Waals surface area contributed by atoms with Crippen LogP contribution in [-0.4, -0.2) is 45.2 Å². The highest BCUT2D eigenvalue weighted by molar-refractivity contribution is 5.97. The molecular weight excluding hydrogens is 328 g/mol. The Morgan fingerprint density at radius 2 is 2.04 bits per heavy atom. The quantitative estimate of drug-likeness (QED) is 0.785. The fourth-order valence-corrected chi connectivity index (χ4v) is 3.40. The normalized spacial score (nSPS) is 17.3. The molecule has 1 saturated heterocycles. The zero-order valence-electron chi connectivity index (χ0n) is 14.6. The molecule has 0 aliphatic carbocycles. The lowest BCUT2D eigenvalue weighted by Crippen LogP contribution is -2.58. The lowest BCUT2D eigenvalue weighted by atomic mass is 10.0. The van der Waals surface area contributed by atoms with Crippen molar-refractivity contribution in [1.29, 1.82) is 0 Å². The molecule has 1 aromatic carbocycles. The van der Waals surface area contributed by atoms with Gasteiger partial charge in [0, 0.05) is 31.9 Å². The Morgan fingerprint density at radius 3 is 2.81 bits per heavy atom. The van der Waals surface area contributed by atoms with Crippen molar-refractivity contribution < 1.29 is 9.59 Å². The second-order valence-corrected chi connectivity index (χ2v) is 6.54. The Kier molecular flexibility index (Phi) is 4.16. The van der Waals surface area contributed by atoms with Crippen LogP contribution in [0.5, 0.6) is 0 Å².